The molecule has 0 saturated carbocycles. The number of halogens is 3. The van der Waals surface area contributed by atoms with Gasteiger partial charge in [0.25, 0.3) is 0 Å². The molecule has 9 nitrogen and oxygen atoms in total. The summed E-state index contributed by atoms with van der Waals surface area (Å²) in [7, 11) is 0. The number of nitrogens with zero attached hydrogens (tertiary/aromatic N) is 3. The summed E-state index contributed by atoms with van der Waals surface area (Å²) in [6.07, 6.45) is -3.85. The van der Waals surface area contributed by atoms with Crippen LogP contribution in [0.3, 0.4) is 0 Å². The van der Waals surface area contributed by atoms with Crippen LogP contribution in [0.4, 0.5) is 23.7 Å². The second kappa shape index (κ2) is 10.7. The van der Waals surface area contributed by atoms with Gasteiger partial charge in [-0.1, -0.05) is 13.3 Å². The molecule has 1 unspecified atom stereocenters. The van der Waals surface area contributed by atoms with E-state index in [2.05, 4.69) is 20.1 Å². The molecule has 180 valence electrons. The summed E-state index contributed by atoms with van der Waals surface area (Å²) in [6.45, 7) is 1.90. The van der Waals surface area contributed by atoms with Gasteiger partial charge in [0.05, 0.1) is 5.69 Å². The number of carbonyl (C=O) groups is 2. The van der Waals surface area contributed by atoms with Gasteiger partial charge in [-0.3, -0.25) is 5.32 Å². The maximum atomic E-state index is 12.3. The smallest absolute Gasteiger partial charge is 0.479 e. The molecule has 12 heteroatoms. The minimum Gasteiger partial charge on any atom is -0.479 e. The lowest BCUT2D eigenvalue weighted by atomic mass is 10.1. The number of carboxylic acid groups (broad SMARTS) is 1. The monoisotopic (exact) mass is 478 g/mol. The van der Waals surface area contributed by atoms with Crippen molar-refractivity contribution in [2.75, 3.05) is 5.32 Å². The van der Waals surface area contributed by atoms with E-state index >= 15 is 0 Å². The van der Waals surface area contributed by atoms with Gasteiger partial charge < -0.3 is 14.6 Å². The number of nitrogens with one attached hydrogen (secondary N) is 1. The highest BCUT2D eigenvalue weighted by molar-refractivity contribution is 5.87. The molecule has 3 aromatic rings. The number of hydrogen-bond donors (Lipinski definition) is 2. The zero-order valence-corrected chi connectivity index (χ0v) is 18.0. The number of anilines is 1. The fourth-order valence-corrected chi connectivity index (χ4v) is 2.92. The molecule has 0 aliphatic heterocycles. The summed E-state index contributed by atoms with van der Waals surface area (Å²) >= 11 is 0. The standard InChI is InChI=1S/C22H21F3N4O5/c1-2-3-4-18(20(30)31)33-21(32)27-15-7-5-14(6-8-15)19-26-13-29(28-19)16-9-11-17(12-10-16)34-22(23,24)25/h5-13,18H,2-4H2,1H3,(H,27,32)(H,30,31). The van der Waals surface area contributed by atoms with Crippen LogP contribution >= 0.6 is 0 Å². The van der Waals surface area contributed by atoms with Crippen molar-refractivity contribution in [1.29, 1.82) is 0 Å². The Hall–Kier alpha value is -4.09. The highest BCUT2D eigenvalue weighted by Crippen LogP contribution is 2.24. The normalized spacial score (nSPS) is 12.1. The molecule has 0 aliphatic carbocycles. The van der Waals surface area contributed by atoms with Gasteiger partial charge in [-0.05, 0) is 61.4 Å². The van der Waals surface area contributed by atoms with Crippen molar-refractivity contribution in [3.63, 3.8) is 0 Å². The molecule has 0 spiro atoms. The van der Waals surface area contributed by atoms with Gasteiger partial charge in [0.1, 0.15) is 12.1 Å². The van der Waals surface area contributed by atoms with Crippen molar-refractivity contribution in [2.24, 2.45) is 0 Å². The Balaban J connectivity index is 1.62. The zero-order chi connectivity index (χ0) is 24.7. The largest absolute Gasteiger partial charge is 0.573 e. The fraction of sp³-hybridized carbons (Fsp3) is 0.273. The first-order chi connectivity index (χ1) is 16.1. The van der Waals surface area contributed by atoms with Crippen molar-refractivity contribution in [1.82, 2.24) is 14.8 Å². The number of alkyl halides is 3. The lowest BCUT2D eigenvalue weighted by Gasteiger charge is -2.14. The molecule has 1 amide bonds. The van der Waals surface area contributed by atoms with E-state index in [1.807, 2.05) is 6.92 Å². The van der Waals surface area contributed by atoms with Gasteiger partial charge in [0.15, 0.2) is 5.82 Å². The Morgan fingerprint density at radius 2 is 1.79 bits per heavy atom. The number of aromatic nitrogens is 3. The first kappa shape index (κ1) is 24.6. The summed E-state index contributed by atoms with van der Waals surface area (Å²) in [5.41, 5.74) is 1.47. The van der Waals surface area contributed by atoms with Crippen LogP contribution in [0.5, 0.6) is 5.75 Å². The Bertz CT molecular complexity index is 1110. The Morgan fingerprint density at radius 1 is 1.12 bits per heavy atom. The van der Waals surface area contributed by atoms with Crippen LogP contribution in [0.1, 0.15) is 26.2 Å². The molecular weight excluding hydrogens is 457 g/mol. The van der Waals surface area contributed by atoms with E-state index < -0.39 is 24.5 Å². The first-order valence-corrected chi connectivity index (χ1v) is 10.2. The Labute approximate surface area is 192 Å². The number of amides is 1. The van der Waals surface area contributed by atoms with Gasteiger partial charge in [0, 0.05) is 11.3 Å². The maximum Gasteiger partial charge on any atom is 0.573 e. The van der Waals surface area contributed by atoms with Gasteiger partial charge in [-0.15, -0.1) is 18.3 Å². The molecule has 0 radical (unpaired) electrons. The molecule has 1 atom stereocenters. The van der Waals surface area contributed by atoms with Crippen LogP contribution in [-0.4, -0.2) is 44.4 Å². The number of carbonyl (C=O) groups excluding carboxylic acids is 1. The summed E-state index contributed by atoms with van der Waals surface area (Å²) in [5.74, 6) is -1.21. The molecule has 2 N–H and O–H groups in total. The predicted molar refractivity (Wildman–Crippen MR) is 115 cm³/mol. The second-order valence-electron chi connectivity index (χ2n) is 7.13. The van der Waals surface area contributed by atoms with Crippen molar-refractivity contribution in [2.45, 2.75) is 38.7 Å². The van der Waals surface area contributed by atoms with E-state index in [1.165, 1.54) is 35.3 Å². The van der Waals surface area contributed by atoms with Crippen molar-refractivity contribution >= 4 is 17.7 Å². The molecule has 2 aromatic carbocycles. The number of benzene rings is 2. The van der Waals surface area contributed by atoms with Gasteiger partial charge in [0.2, 0.25) is 6.10 Å². The third-order valence-corrected chi connectivity index (χ3v) is 4.56. The van der Waals surface area contributed by atoms with Crippen molar-refractivity contribution in [3.05, 3.63) is 54.9 Å². The summed E-state index contributed by atoms with van der Waals surface area (Å²) in [5, 5.41) is 15.9. The van der Waals surface area contributed by atoms with Crippen LogP contribution in [-0.2, 0) is 9.53 Å². The summed E-state index contributed by atoms with van der Waals surface area (Å²) in [4.78, 5) is 27.4. The fourth-order valence-electron chi connectivity index (χ4n) is 2.92. The van der Waals surface area contributed by atoms with E-state index in [0.29, 0.717) is 29.2 Å². The first-order valence-electron chi connectivity index (χ1n) is 10.2. The minimum atomic E-state index is -4.77. The van der Waals surface area contributed by atoms with E-state index in [9.17, 15) is 22.8 Å². The number of aliphatic carboxylic acids is 1. The quantitative estimate of drug-likeness (QED) is 0.443. The van der Waals surface area contributed by atoms with E-state index in [0.717, 1.165) is 6.42 Å². The van der Waals surface area contributed by atoms with E-state index in [4.69, 9.17) is 9.84 Å². The molecule has 0 aliphatic rings. The van der Waals surface area contributed by atoms with Gasteiger partial charge in [-0.2, -0.15) is 0 Å². The molecule has 0 fully saturated rings. The summed E-state index contributed by atoms with van der Waals surface area (Å²) in [6, 6.07) is 11.6. The highest BCUT2D eigenvalue weighted by atomic mass is 19.4. The molecule has 0 saturated heterocycles. The molecule has 0 bridgehead atoms. The minimum absolute atomic E-state index is 0.227. The van der Waals surface area contributed by atoms with Gasteiger partial charge >= 0.3 is 18.4 Å². The molecule has 34 heavy (non-hydrogen) atoms. The number of unbranched alkanes of at least 4 members (excludes halogenated alkanes) is 1. The molecule has 3 rings (SSSR count). The van der Waals surface area contributed by atoms with E-state index in [-0.39, 0.29) is 12.2 Å². The number of ether oxygens (including phenoxy) is 2. The molecule has 1 heterocycles. The lowest BCUT2D eigenvalue weighted by Crippen LogP contribution is -2.29. The van der Waals surface area contributed by atoms with Crippen LogP contribution < -0.4 is 10.1 Å². The average molecular weight is 478 g/mol. The second-order valence-corrected chi connectivity index (χ2v) is 7.13. The Morgan fingerprint density at radius 3 is 2.38 bits per heavy atom. The SMILES string of the molecule is CCCCC(OC(=O)Nc1ccc(-c2ncn(-c3ccc(OC(F)(F)F)cc3)n2)cc1)C(=O)O. The third kappa shape index (κ3) is 6.95. The molecular formula is C22H21F3N4O5. The average Bonchev–Trinajstić information content (AvgIpc) is 3.26. The van der Waals surface area contributed by atoms with Crippen LogP contribution in [0.2, 0.25) is 0 Å². The van der Waals surface area contributed by atoms with E-state index in [1.54, 1.807) is 24.3 Å². The zero-order valence-electron chi connectivity index (χ0n) is 18.0. The van der Waals surface area contributed by atoms with Crippen molar-refractivity contribution < 1.29 is 37.3 Å². The number of carboxylic acids is 1. The van der Waals surface area contributed by atoms with Gasteiger partial charge in [-0.25, -0.2) is 19.3 Å². The molecule has 1 aromatic heterocycles. The number of hydrogen-bond acceptors (Lipinski definition) is 6. The van der Waals surface area contributed by atoms with Crippen LogP contribution in [0.25, 0.3) is 17.1 Å². The van der Waals surface area contributed by atoms with Crippen LogP contribution in [0.15, 0.2) is 54.9 Å². The van der Waals surface area contributed by atoms with Crippen LogP contribution in [0, 0.1) is 0 Å². The number of rotatable bonds is 9. The lowest BCUT2D eigenvalue weighted by molar-refractivity contribution is -0.274. The predicted octanol–water partition coefficient (Wildman–Crippen LogP) is 5.02. The Kier molecular flexibility index (Phi) is 7.71. The van der Waals surface area contributed by atoms with Crippen molar-refractivity contribution in [3.8, 4) is 22.8 Å². The highest BCUT2D eigenvalue weighted by Gasteiger charge is 2.31. The topological polar surface area (TPSA) is 116 Å². The third-order valence-electron chi connectivity index (χ3n) is 4.56. The maximum absolute atomic E-state index is 12.3. The summed E-state index contributed by atoms with van der Waals surface area (Å²) < 4.78 is 47.1.